The molecule has 2 aromatic rings. The molecule has 0 spiro atoms. The summed E-state index contributed by atoms with van der Waals surface area (Å²) in [5, 5.41) is 6.03. The highest BCUT2D eigenvalue weighted by Gasteiger charge is 2.36. The fourth-order valence-electron chi connectivity index (χ4n) is 4.36. The Labute approximate surface area is 189 Å². The number of carbonyl (C=O) groups excluding carboxylic acids is 2. The summed E-state index contributed by atoms with van der Waals surface area (Å²) in [6, 6.07) is 5.07. The van der Waals surface area contributed by atoms with E-state index in [9.17, 15) is 14.4 Å². The molecule has 2 aliphatic rings. The lowest BCUT2D eigenvalue weighted by molar-refractivity contribution is -0.123. The van der Waals surface area contributed by atoms with E-state index in [4.69, 9.17) is 23.2 Å². The first kappa shape index (κ1) is 21.6. The Bertz CT molecular complexity index is 1090. The van der Waals surface area contributed by atoms with Crippen molar-refractivity contribution in [2.45, 2.75) is 57.5 Å². The molecule has 1 aromatic heterocycles. The SMILES string of the molecule is CC1CCCC(C)N1c1nc2c(c(=O)[nH]1)C(C(=O)Nc1cc(Cl)ccc1Cl)CC(=O)N2. The molecule has 2 aliphatic heterocycles. The molecule has 1 saturated heterocycles. The summed E-state index contributed by atoms with van der Waals surface area (Å²) in [4.78, 5) is 47.8. The van der Waals surface area contributed by atoms with Crippen LogP contribution in [0.25, 0.3) is 0 Å². The van der Waals surface area contributed by atoms with E-state index in [0.29, 0.717) is 21.7 Å². The Hall–Kier alpha value is -2.58. The Morgan fingerprint density at radius 3 is 2.61 bits per heavy atom. The molecule has 3 unspecified atom stereocenters. The summed E-state index contributed by atoms with van der Waals surface area (Å²) in [5.41, 5.74) is 0.00213. The highest BCUT2D eigenvalue weighted by Crippen LogP contribution is 2.33. The number of benzene rings is 1. The second-order valence-electron chi connectivity index (χ2n) is 8.11. The van der Waals surface area contributed by atoms with Crippen LogP contribution in [-0.2, 0) is 9.59 Å². The number of hydrogen-bond acceptors (Lipinski definition) is 5. The zero-order valence-electron chi connectivity index (χ0n) is 17.2. The number of halogens is 2. The molecule has 10 heteroatoms. The maximum Gasteiger partial charge on any atom is 0.258 e. The van der Waals surface area contributed by atoms with Crippen molar-refractivity contribution in [3.05, 3.63) is 44.2 Å². The van der Waals surface area contributed by atoms with Crippen molar-refractivity contribution < 1.29 is 9.59 Å². The molecule has 8 nitrogen and oxygen atoms in total. The number of fused-ring (bicyclic) bond motifs is 1. The Morgan fingerprint density at radius 2 is 1.90 bits per heavy atom. The third-order valence-electron chi connectivity index (χ3n) is 5.88. The molecule has 1 aromatic carbocycles. The smallest absolute Gasteiger partial charge is 0.258 e. The molecule has 1 fully saturated rings. The van der Waals surface area contributed by atoms with Gasteiger partial charge in [0, 0.05) is 23.5 Å². The number of hydrogen-bond donors (Lipinski definition) is 3. The number of aromatic amines is 1. The molecule has 0 aliphatic carbocycles. The number of anilines is 3. The van der Waals surface area contributed by atoms with E-state index in [2.05, 4.69) is 39.3 Å². The highest BCUT2D eigenvalue weighted by atomic mass is 35.5. The Kier molecular flexibility index (Phi) is 5.94. The van der Waals surface area contributed by atoms with Gasteiger partial charge in [-0.15, -0.1) is 0 Å². The van der Waals surface area contributed by atoms with Crippen LogP contribution in [0.4, 0.5) is 17.5 Å². The first-order valence-corrected chi connectivity index (χ1v) is 11.0. The van der Waals surface area contributed by atoms with Gasteiger partial charge < -0.3 is 15.5 Å². The normalized spacial score (nSPS) is 23.2. The first-order valence-electron chi connectivity index (χ1n) is 10.2. The second-order valence-corrected chi connectivity index (χ2v) is 8.95. The number of nitrogens with zero attached hydrogens (tertiary/aromatic N) is 2. The number of H-pyrrole nitrogens is 1. The molecule has 31 heavy (non-hydrogen) atoms. The lowest BCUT2D eigenvalue weighted by Crippen LogP contribution is -2.46. The van der Waals surface area contributed by atoms with Crippen LogP contribution in [0, 0.1) is 0 Å². The van der Waals surface area contributed by atoms with E-state index >= 15 is 0 Å². The van der Waals surface area contributed by atoms with Gasteiger partial charge in [0.2, 0.25) is 17.8 Å². The number of rotatable bonds is 3. The van der Waals surface area contributed by atoms with Gasteiger partial charge >= 0.3 is 0 Å². The van der Waals surface area contributed by atoms with Crippen molar-refractivity contribution >= 4 is 52.5 Å². The van der Waals surface area contributed by atoms with Crippen LogP contribution in [0.2, 0.25) is 10.0 Å². The summed E-state index contributed by atoms with van der Waals surface area (Å²) in [7, 11) is 0. The van der Waals surface area contributed by atoms with Crippen LogP contribution in [-0.4, -0.2) is 33.9 Å². The fourth-order valence-corrected chi connectivity index (χ4v) is 4.69. The van der Waals surface area contributed by atoms with Crippen LogP contribution in [0.1, 0.15) is 51.0 Å². The molecule has 164 valence electrons. The van der Waals surface area contributed by atoms with Crippen LogP contribution in [0.15, 0.2) is 23.0 Å². The van der Waals surface area contributed by atoms with Crippen molar-refractivity contribution in [1.29, 1.82) is 0 Å². The second kappa shape index (κ2) is 8.51. The largest absolute Gasteiger partial charge is 0.337 e. The van der Waals surface area contributed by atoms with Crippen LogP contribution in [0.5, 0.6) is 0 Å². The average molecular weight is 464 g/mol. The summed E-state index contributed by atoms with van der Waals surface area (Å²) in [6.45, 7) is 4.16. The fraction of sp³-hybridized carbons (Fsp3) is 0.429. The number of carbonyl (C=O) groups is 2. The Balaban J connectivity index is 1.69. The highest BCUT2D eigenvalue weighted by molar-refractivity contribution is 6.35. The van der Waals surface area contributed by atoms with Crippen molar-refractivity contribution in [3.63, 3.8) is 0 Å². The van der Waals surface area contributed by atoms with Crippen molar-refractivity contribution in [2.75, 3.05) is 15.5 Å². The van der Waals surface area contributed by atoms with Crippen molar-refractivity contribution in [3.8, 4) is 0 Å². The van der Waals surface area contributed by atoms with Crippen molar-refractivity contribution in [1.82, 2.24) is 9.97 Å². The van der Waals surface area contributed by atoms with E-state index in [1.54, 1.807) is 12.1 Å². The van der Waals surface area contributed by atoms with Gasteiger partial charge in [-0.05, 0) is 51.3 Å². The van der Waals surface area contributed by atoms with E-state index in [1.165, 1.54) is 6.07 Å². The van der Waals surface area contributed by atoms with Gasteiger partial charge in [-0.2, -0.15) is 4.98 Å². The van der Waals surface area contributed by atoms with Crippen LogP contribution in [0.3, 0.4) is 0 Å². The summed E-state index contributed by atoms with van der Waals surface area (Å²) in [5.74, 6) is -1.38. The third-order valence-corrected chi connectivity index (χ3v) is 6.44. The van der Waals surface area contributed by atoms with Crippen molar-refractivity contribution in [2.24, 2.45) is 0 Å². The molecule has 4 rings (SSSR count). The topological polar surface area (TPSA) is 107 Å². The minimum atomic E-state index is -1.000. The summed E-state index contributed by atoms with van der Waals surface area (Å²) in [6.07, 6.45) is 2.92. The number of nitrogens with one attached hydrogen (secondary N) is 3. The number of piperidine rings is 1. The predicted octanol–water partition coefficient (Wildman–Crippen LogP) is 3.91. The zero-order chi connectivity index (χ0) is 22.3. The quantitative estimate of drug-likeness (QED) is 0.639. The maximum absolute atomic E-state index is 13.0. The monoisotopic (exact) mass is 463 g/mol. The van der Waals surface area contributed by atoms with Crippen LogP contribution < -0.4 is 21.1 Å². The number of amides is 2. The number of aromatic nitrogens is 2. The van der Waals surface area contributed by atoms with E-state index in [-0.39, 0.29) is 35.8 Å². The lowest BCUT2D eigenvalue weighted by atomic mass is 9.92. The lowest BCUT2D eigenvalue weighted by Gasteiger charge is -2.39. The average Bonchev–Trinajstić information content (AvgIpc) is 2.69. The molecule has 0 bridgehead atoms. The van der Waals surface area contributed by atoms with Crippen LogP contribution >= 0.6 is 23.2 Å². The molecule has 0 radical (unpaired) electrons. The van der Waals surface area contributed by atoms with Gasteiger partial charge in [-0.1, -0.05) is 23.2 Å². The van der Waals surface area contributed by atoms with E-state index in [1.807, 2.05) is 0 Å². The minimum absolute atomic E-state index is 0.123. The van der Waals surface area contributed by atoms with E-state index < -0.39 is 17.4 Å². The van der Waals surface area contributed by atoms with Gasteiger partial charge in [0.15, 0.2) is 0 Å². The van der Waals surface area contributed by atoms with Gasteiger partial charge in [0.1, 0.15) is 5.82 Å². The zero-order valence-corrected chi connectivity index (χ0v) is 18.7. The summed E-state index contributed by atoms with van der Waals surface area (Å²) >= 11 is 12.1. The molecule has 3 N–H and O–H groups in total. The maximum atomic E-state index is 13.0. The molecular formula is C21H23Cl2N5O3. The minimum Gasteiger partial charge on any atom is -0.337 e. The molecule has 0 saturated carbocycles. The van der Waals surface area contributed by atoms with Gasteiger partial charge in [0.25, 0.3) is 5.56 Å². The third kappa shape index (κ3) is 4.27. The van der Waals surface area contributed by atoms with Gasteiger partial charge in [0.05, 0.1) is 22.2 Å². The van der Waals surface area contributed by atoms with Gasteiger partial charge in [-0.3, -0.25) is 19.4 Å². The predicted molar refractivity (Wildman–Crippen MR) is 121 cm³/mol. The standard InChI is InChI=1S/C21H23Cl2N5O3/c1-10-4-3-5-11(2)28(10)21-26-18-17(20(31)27-21)13(9-16(29)25-18)19(30)24-15-8-12(22)6-7-14(15)23/h6-8,10-11,13H,3-5,9H2,1-2H3,(H,24,30)(H2,25,26,27,29,31). The van der Waals surface area contributed by atoms with Gasteiger partial charge in [-0.25, -0.2) is 0 Å². The van der Waals surface area contributed by atoms with E-state index in [0.717, 1.165) is 19.3 Å². The first-order chi connectivity index (χ1) is 14.7. The molecule has 2 amide bonds. The molecule has 3 atom stereocenters. The Morgan fingerprint density at radius 1 is 1.19 bits per heavy atom. The molecule has 3 heterocycles. The molecular weight excluding hydrogens is 441 g/mol. The summed E-state index contributed by atoms with van der Waals surface area (Å²) < 4.78 is 0.